The van der Waals surface area contributed by atoms with Crippen molar-refractivity contribution >= 4 is 38.6 Å². The van der Waals surface area contributed by atoms with Crippen LogP contribution in [0.25, 0.3) is 5.52 Å². The Labute approximate surface area is 117 Å². The highest BCUT2D eigenvalue weighted by atomic mass is 79.9. The Morgan fingerprint density at radius 3 is 3.17 bits per heavy atom. The number of aromatic nitrogens is 3. The van der Waals surface area contributed by atoms with E-state index in [1.807, 2.05) is 23.8 Å². The Hall–Kier alpha value is -1.40. The van der Waals surface area contributed by atoms with Crippen molar-refractivity contribution in [2.24, 2.45) is 0 Å². The summed E-state index contributed by atoms with van der Waals surface area (Å²) in [6.45, 7) is 2.80. The van der Waals surface area contributed by atoms with Crippen LogP contribution in [0.2, 0.25) is 0 Å². The summed E-state index contributed by atoms with van der Waals surface area (Å²) in [5.41, 5.74) is 2.15. The summed E-state index contributed by atoms with van der Waals surface area (Å²) >= 11 is 5.25. The van der Waals surface area contributed by atoms with E-state index in [4.69, 9.17) is 0 Å². The number of anilines is 1. The number of hydrogen-bond donors (Lipinski definition) is 1. The second kappa shape index (κ2) is 4.70. The molecule has 0 atom stereocenters. The Morgan fingerprint density at radius 2 is 2.39 bits per heavy atom. The van der Waals surface area contributed by atoms with Crippen LogP contribution in [0.5, 0.6) is 0 Å². The van der Waals surface area contributed by atoms with Crippen molar-refractivity contribution in [3.63, 3.8) is 0 Å². The predicted octanol–water partition coefficient (Wildman–Crippen LogP) is 3.47. The zero-order valence-electron chi connectivity index (χ0n) is 9.72. The summed E-state index contributed by atoms with van der Waals surface area (Å²) in [7, 11) is 0. The summed E-state index contributed by atoms with van der Waals surface area (Å²) in [4.78, 5) is 5.65. The number of nitrogens with zero attached hydrogens (tertiary/aromatic N) is 3. The molecule has 0 spiro atoms. The SMILES string of the molecule is Cc1cnn2ccnc(NCc3sccc3Br)c12. The van der Waals surface area contributed by atoms with Crippen LogP contribution in [0.3, 0.4) is 0 Å². The monoisotopic (exact) mass is 322 g/mol. The van der Waals surface area contributed by atoms with Crippen LogP contribution in [0.1, 0.15) is 10.4 Å². The summed E-state index contributed by atoms with van der Waals surface area (Å²) in [5.74, 6) is 0.868. The maximum absolute atomic E-state index is 4.39. The van der Waals surface area contributed by atoms with E-state index in [9.17, 15) is 0 Å². The van der Waals surface area contributed by atoms with E-state index < -0.39 is 0 Å². The lowest BCUT2D eigenvalue weighted by atomic mass is 10.3. The van der Waals surface area contributed by atoms with Gasteiger partial charge in [-0.25, -0.2) is 9.50 Å². The molecular weight excluding hydrogens is 312 g/mol. The summed E-state index contributed by atoms with van der Waals surface area (Å²) in [6.07, 6.45) is 5.46. The fraction of sp³-hybridized carbons (Fsp3) is 0.167. The molecule has 0 unspecified atom stereocenters. The highest BCUT2D eigenvalue weighted by Crippen LogP contribution is 2.24. The molecule has 0 saturated carbocycles. The van der Waals surface area contributed by atoms with E-state index in [1.54, 1.807) is 17.5 Å². The molecule has 0 fully saturated rings. The largest absolute Gasteiger partial charge is 0.363 e. The number of thiophene rings is 1. The Bertz CT molecular complexity index is 688. The van der Waals surface area contributed by atoms with E-state index in [2.05, 4.69) is 42.8 Å². The Balaban J connectivity index is 1.91. The second-order valence-electron chi connectivity index (χ2n) is 3.94. The molecule has 3 heterocycles. The number of halogens is 1. The first-order chi connectivity index (χ1) is 8.75. The van der Waals surface area contributed by atoms with Crippen LogP contribution in [0, 0.1) is 6.92 Å². The third kappa shape index (κ3) is 2.02. The smallest absolute Gasteiger partial charge is 0.152 e. The summed E-state index contributed by atoms with van der Waals surface area (Å²) in [5, 5.41) is 9.71. The fourth-order valence-electron chi connectivity index (χ4n) is 1.83. The zero-order valence-corrected chi connectivity index (χ0v) is 12.1. The molecule has 3 aromatic heterocycles. The Kier molecular flexibility index (Phi) is 3.05. The number of nitrogens with one attached hydrogen (secondary N) is 1. The van der Waals surface area contributed by atoms with Crippen molar-refractivity contribution in [1.29, 1.82) is 0 Å². The van der Waals surface area contributed by atoms with Crippen LogP contribution in [0.4, 0.5) is 5.82 Å². The molecule has 0 saturated heterocycles. The molecular formula is C12H11BrN4S. The van der Waals surface area contributed by atoms with Gasteiger partial charge in [0.05, 0.1) is 12.7 Å². The van der Waals surface area contributed by atoms with Crippen LogP contribution in [0.15, 0.2) is 34.5 Å². The molecule has 92 valence electrons. The van der Waals surface area contributed by atoms with E-state index in [1.165, 1.54) is 4.88 Å². The molecule has 4 nitrogen and oxygen atoms in total. The van der Waals surface area contributed by atoms with Gasteiger partial charge >= 0.3 is 0 Å². The molecule has 3 rings (SSSR count). The molecule has 0 aliphatic rings. The van der Waals surface area contributed by atoms with Crippen LogP contribution in [-0.2, 0) is 6.54 Å². The van der Waals surface area contributed by atoms with Gasteiger partial charge in [0.25, 0.3) is 0 Å². The number of hydrogen-bond acceptors (Lipinski definition) is 4. The standard InChI is InChI=1S/C12H11BrN4S/c1-8-6-16-17-4-3-14-12(11(8)17)15-7-10-9(13)2-5-18-10/h2-6H,7H2,1H3,(H,14,15). The molecule has 0 aromatic carbocycles. The maximum atomic E-state index is 4.39. The van der Waals surface area contributed by atoms with Gasteiger partial charge in [-0.3, -0.25) is 0 Å². The van der Waals surface area contributed by atoms with Crippen molar-refractivity contribution in [3.8, 4) is 0 Å². The average molecular weight is 323 g/mol. The molecule has 0 amide bonds. The highest BCUT2D eigenvalue weighted by molar-refractivity contribution is 9.10. The third-order valence-electron chi connectivity index (χ3n) is 2.72. The first-order valence-electron chi connectivity index (χ1n) is 5.50. The average Bonchev–Trinajstić information content (AvgIpc) is 2.94. The maximum Gasteiger partial charge on any atom is 0.152 e. The van der Waals surface area contributed by atoms with E-state index in [0.717, 1.165) is 27.9 Å². The molecule has 0 aliphatic carbocycles. The van der Waals surface area contributed by atoms with Gasteiger partial charge in [-0.05, 0) is 39.9 Å². The molecule has 0 bridgehead atoms. The first kappa shape index (κ1) is 11.7. The van der Waals surface area contributed by atoms with Gasteiger partial charge in [0.1, 0.15) is 5.52 Å². The first-order valence-corrected chi connectivity index (χ1v) is 7.17. The highest BCUT2D eigenvalue weighted by Gasteiger charge is 2.08. The van der Waals surface area contributed by atoms with Crippen LogP contribution >= 0.6 is 27.3 Å². The quantitative estimate of drug-likeness (QED) is 0.802. The van der Waals surface area contributed by atoms with Crippen molar-refractivity contribution < 1.29 is 0 Å². The Morgan fingerprint density at radius 1 is 1.50 bits per heavy atom. The van der Waals surface area contributed by atoms with Crippen LogP contribution < -0.4 is 5.32 Å². The van der Waals surface area contributed by atoms with Crippen molar-refractivity contribution in [2.75, 3.05) is 5.32 Å². The number of aryl methyl sites for hydroxylation is 1. The topological polar surface area (TPSA) is 42.2 Å². The van der Waals surface area contributed by atoms with Gasteiger partial charge < -0.3 is 5.32 Å². The lowest BCUT2D eigenvalue weighted by molar-refractivity contribution is 0.943. The van der Waals surface area contributed by atoms with Gasteiger partial charge in [-0.2, -0.15) is 5.10 Å². The summed E-state index contributed by atoms with van der Waals surface area (Å²) in [6, 6.07) is 2.06. The normalized spacial score (nSPS) is 11.0. The molecule has 6 heteroatoms. The fourth-order valence-corrected chi connectivity index (χ4v) is 3.27. The van der Waals surface area contributed by atoms with Crippen molar-refractivity contribution in [2.45, 2.75) is 13.5 Å². The molecule has 18 heavy (non-hydrogen) atoms. The van der Waals surface area contributed by atoms with Gasteiger partial charge in [0.2, 0.25) is 0 Å². The van der Waals surface area contributed by atoms with E-state index in [-0.39, 0.29) is 0 Å². The third-order valence-corrected chi connectivity index (χ3v) is 4.65. The molecule has 1 N–H and O–H groups in total. The molecule has 0 radical (unpaired) electrons. The minimum Gasteiger partial charge on any atom is -0.363 e. The van der Waals surface area contributed by atoms with Gasteiger partial charge in [-0.15, -0.1) is 11.3 Å². The van der Waals surface area contributed by atoms with Crippen molar-refractivity contribution in [3.05, 3.63) is 45.0 Å². The molecule has 0 aliphatic heterocycles. The van der Waals surface area contributed by atoms with Gasteiger partial charge in [0.15, 0.2) is 5.82 Å². The zero-order chi connectivity index (χ0) is 12.5. The van der Waals surface area contributed by atoms with Crippen LogP contribution in [-0.4, -0.2) is 14.6 Å². The summed E-state index contributed by atoms with van der Waals surface area (Å²) < 4.78 is 2.98. The second-order valence-corrected chi connectivity index (χ2v) is 5.80. The number of rotatable bonds is 3. The predicted molar refractivity (Wildman–Crippen MR) is 77.1 cm³/mol. The van der Waals surface area contributed by atoms with Gasteiger partial charge in [0, 0.05) is 21.7 Å². The lowest BCUT2D eigenvalue weighted by Crippen LogP contribution is -2.03. The minimum atomic E-state index is 0.759. The molecule has 3 aromatic rings. The van der Waals surface area contributed by atoms with E-state index >= 15 is 0 Å². The van der Waals surface area contributed by atoms with Gasteiger partial charge in [-0.1, -0.05) is 0 Å². The van der Waals surface area contributed by atoms with E-state index in [0.29, 0.717) is 0 Å². The van der Waals surface area contributed by atoms with Crippen molar-refractivity contribution in [1.82, 2.24) is 14.6 Å². The number of fused-ring (bicyclic) bond motifs is 1. The minimum absolute atomic E-state index is 0.759. The lowest BCUT2D eigenvalue weighted by Gasteiger charge is -2.06.